The highest BCUT2D eigenvalue weighted by molar-refractivity contribution is 6.46. The van der Waals surface area contributed by atoms with Gasteiger partial charge >= 0.3 is 0 Å². The lowest BCUT2D eigenvalue weighted by Crippen LogP contribution is -2.29. The van der Waals surface area contributed by atoms with E-state index < -0.39 is 17.7 Å². The van der Waals surface area contributed by atoms with Crippen LogP contribution in [0.5, 0.6) is 11.5 Å². The third-order valence-electron chi connectivity index (χ3n) is 5.74. The molecular formula is C27H26N2O5. The number of ether oxygens (including phenoxy) is 1. The van der Waals surface area contributed by atoms with Crippen molar-refractivity contribution in [1.82, 2.24) is 9.88 Å². The number of rotatable bonds is 7. The lowest BCUT2D eigenvalue weighted by molar-refractivity contribution is -0.140. The van der Waals surface area contributed by atoms with E-state index in [0.29, 0.717) is 23.5 Å². The minimum atomic E-state index is -0.864. The first-order valence-corrected chi connectivity index (χ1v) is 11.1. The number of aryl methyl sites for hydroxylation is 1. The zero-order chi connectivity index (χ0) is 24.2. The van der Waals surface area contributed by atoms with E-state index in [1.54, 1.807) is 54.9 Å². The molecule has 7 nitrogen and oxygen atoms in total. The number of carbonyl (C=O) groups excluding carboxylic acids is 2. The third-order valence-corrected chi connectivity index (χ3v) is 5.74. The highest BCUT2D eigenvalue weighted by Gasteiger charge is 2.46. The van der Waals surface area contributed by atoms with Crippen molar-refractivity contribution in [3.05, 3.63) is 94.8 Å². The average molecular weight is 459 g/mol. The van der Waals surface area contributed by atoms with Crippen molar-refractivity contribution >= 4 is 17.4 Å². The summed E-state index contributed by atoms with van der Waals surface area (Å²) in [5, 5.41) is 21.3. The molecule has 3 aromatic rings. The molecule has 2 heterocycles. The van der Waals surface area contributed by atoms with Crippen molar-refractivity contribution in [1.29, 1.82) is 0 Å². The number of aromatic nitrogens is 1. The monoisotopic (exact) mass is 458 g/mol. The lowest BCUT2D eigenvalue weighted by Gasteiger charge is -2.25. The van der Waals surface area contributed by atoms with Crippen LogP contribution in [0.4, 0.5) is 0 Å². The zero-order valence-electron chi connectivity index (χ0n) is 19.1. The second-order valence-corrected chi connectivity index (χ2v) is 8.21. The summed E-state index contributed by atoms with van der Waals surface area (Å²) in [7, 11) is 0. The Bertz CT molecular complexity index is 1250. The molecule has 1 amide bonds. The maximum atomic E-state index is 13.2. The quantitative estimate of drug-likeness (QED) is 0.307. The topological polar surface area (TPSA) is 100.0 Å². The van der Waals surface area contributed by atoms with Crippen LogP contribution >= 0.6 is 0 Å². The number of aliphatic hydroxyl groups excluding tert-OH is 1. The maximum Gasteiger partial charge on any atom is 0.295 e. The van der Waals surface area contributed by atoms with E-state index in [4.69, 9.17) is 4.74 Å². The molecule has 2 aromatic carbocycles. The fourth-order valence-electron chi connectivity index (χ4n) is 4.10. The highest BCUT2D eigenvalue weighted by atomic mass is 16.5. The predicted octanol–water partition coefficient (Wildman–Crippen LogP) is 4.51. The van der Waals surface area contributed by atoms with E-state index >= 15 is 0 Å². The molecule has 1 aliphatic rings. The number of hydrogen-bond acceptors (Lipinski definition) is 6. The van der Waals surface area contributed by atoms with Crippen molar-refractivity contribution in [3.63, 3.8) is 0 Å². The number of carbonyl (C=O) groups is 2. The van der Waals surface area contributed by atoms with Crippen LogP contribution in [0, 0.1) is 6.92 Å². The first-order chi connectivity index (χ1) is 16.4. The normalized spacial score (nSPS) is 17.2. The van der Waals surface area contributed by atoms with Gasteiger partial charge in [0.2, 0.25) is 0 Å². The van der Waals surface area contributed by atoms with Crippen LogP contribution in [-0.4, -0.2) is 38.4 Å². The van der Waals surface area contributed by atoms with Gasteiger partial charge < -0.3 is 19.8 Å². The molecule has 0 spiro atoms. The number of ketones is 1. The summed E-state index contributed by atoms with van der Waals surface area (Å²) in [6.07, 6.45) is 4.09. The molecule has 1 fully saturated rings. The van der Waals surface area contributed by atoms with Crippen LogP contribution in [0.1, 0.15) is 41.6 Å². The van der Waals surface area contributed by atoms with E-state index in [1.165, 1.54) is 17.0 Å². The Labute approximate surface area is 198 Å². The van der Waals surface area contributed by atoms with Crippen LogP contribution in [0.2, 0.25) is 0 Å². The predicted molar refractivity (Wildman–Crippen MR) is 127 cm³/mol. The summed E-state index contributed by atoms with van der Waals surface area (Å²) in [5.74, 6) is -1.06. The van der Waals surface area contributed by atoms with Gasteiger partial charge in [-0.05, 0) is 72.5 Å². The minimum Gasteiger partial charge on any atom is -0.508 e. The summed E-state index contributed by atoms with van der Waals surface area (Å²) in [6, 6.07) is 14.2. The molecule has 2 N–H and O–H groups in total. The molecule has 0 saturated carbocycles. The number of pyridine rings is 1. The Morgan fingerprint density at radius 1 is 1.09 bits per heavy atom. The fourth-order valence-corrected chi connectivity index (χ4v) is 4.10. The van der Waals surface area contributed by atoms with Gasteiger partial charge in [0.1, 0.15) is 17.3 Å². The molecule has 1 aliphatic heterocycles. The molecular weight excluding hydrogens is 432 g/mol. The van der Waals surface area contributed by atoms with Gasteiger partial charge in [-0.3, -0.25) is 14.6 Å². The van der Waals surface area contributed by atoms with Gasteiger partial charge in [0.25, 0.3) is 11.7 Å². The molecule has 1 atom stereocenters. The van der Waals surface area contributed by atoms with Gasteiger partial charge in [-0.2, -0.15) is 0 Å². The molecule has 0 aliphatic carbocycles. The number of hydrogen-bond donors (Lipinski definition) is 2. The standard InChI is InChI=1S/C27H26N2O5/c1-3-13-34-22-8-7-20(14-17(22)2)25(31)23-24(19-5-4-6-21(30)15-19)29(27(33)26(23)32)16-18-9-11-28-12-10-18/h4-12,14-15,24,30-31H,3,13,16H2,1-2H3/b25-23-. The fraction of sp³-hybridized carbons (Fsp3) is 0.222. The number of benzene rings is 2. The molecule has 1 aromatic heterocycles. The summed E-state index contributed by atoms with van der Waals surface area (Å²) in [4.78, 5) is 31.7. The minimum absolute atomic E-state index is 0.000249. The van der Waals surface area contributed by atoms with Crippen LogP contribution in [-0.2, 0) is 16.1 Å². The third kappa shape index (κ3) is 4.50. The van der Waals surface area contributed by atoms with E-state index in [1.807, 2.05) is 13.8 Å². The van der Waals surface area contributed by atoms with Crippen molar-refractivity contribution < 1.29 is 24.5 Å². The highest BCUT2D eigenvalue weighted by Crippen LogP contribution is 2.41. The number of likely N-dealkylation sites (tertiary alicyclic amines) is 1. The number of phenolic OH excluding ortho intramolecular Hbond substituents is 1. The Morgan fingerprint density at radius 3 is 2.53 bits per heavy atom. The number of aromatic hydroxyl groups is 1. The Morgan fingerprint density at radius 2 is 1.85 bits per heavy atom. The van der Waals surface area contributed by atoms with Crippen LogP contribution < -0.4 is 4.74 Å². The Balaban J connectivity index is 1.82. The molecule has 174 valence electrons. The van der Waals surface area contributed by atoms with E-state index in [0.717, 1.165) is 17.5 Å². The van der Waals surface area contributed by atoms with Gasteiger partial charge in [0.05, 0.1) is 18.2 Å². The van der Waals surface area contributed by atoms with Gasteiger partial charge in [0.15, 0.2) is 0 Å². The molecule has 34 heavy (non-hydrogen) atoms. The SMILES string of the molecule is CCCOc1ccc(/C(O)=C2/C(=O)C(=O)N(Cc3ccncc3)C2c2cccc(O)c2)cc1C. The smallest absolute Gasteiger partial charge is 0.295 e. The van der Waals surface area contributed by atoms with Gasteiger partial charge in [0, 0.05) is 24.5 Å². The van der Waals surface area contributed by atoms with Crippen LogP contribution in [0.15, 0.2) is 72.6 Å². The molecule has 1 unspecified atom stereocenters. The van der Waals surface area contributed by atoms with Crippen molar-refractivity contribution in [3.8, 4) is 11.5 Å². The first kappa shape index (κ1) is 23.0. The number of amides is 1. The van der Waals surface area contributed by atoms with Crippen LogP contribution in [0.3, 0.4) is 0 Å². The lowest BCUT2D eigenvalue weighted by atomic mass is 9.94. The molecule has 0 bridgehead atoms. The van der Waals surface area contributed by atoms with Crippen molar-refractivity contribution in [2.24, 2.45) is 0 Å². The number of nitrogens with zero attached hydrogens (tertiary/aromatic N) is 2. The largest absolute Gasteiger partial charge is 0.508 e. The van der Waals surface area contributed by atoms with Crippen molar-refractivity contribution in [2.45, 2.75) is 32.9 Å². The Hall–Kier alpha value is -4.13. The second-order valence-electron chi connectivity index (χ2n) is 8.21. The Kier molecular flexibility index (Phi) is 6.63. The number of phenols is 1. The van der Waals surface area contributed by atoms with Gasteiger partial charge in [-0.15, -0.1) is 0 Å². The second kappa shape index (κ2) is 9.79. The molecule has 4 rings (SSSR count). The molecule has 0 radical (unpaired) electrons. The molecule has 7 heteroatoms. The zero-order valence-corrected chi connectivity index (χ0v) is 19.1. The summed E-state index contributed by atoms with van der Waals surface area (Å²) >= 11 is 0. The number of Topliss-reactive ketones (excluding diaryl/α,β-unsaturated/α-hetero) is 1. The van der Waals surface area contributed by atoms with E-state index in [9.17, 15) is 19.8 Å². The number of aliphatic hydroxyl groups is 1. The molecule has 1 saturated heterocycles. The first-order valence-electron chi connectivity index (χ1n) is 11.1. The van der Waals surface area contributed by atoms with Gasteiger partial charge in [-0.25, -0.2) is 0 Å². The summed E-state index contributed by atoms with van der Waals surface area (Å²) < 4.78 is 5.71. The van der Waals surface area contributed by atoms with E-state index in [-0.39, 0.29) is 23.6 Å². The average Bonchev–Trinajstić information content (AvgIpc) is 3.08. The van der Waals surface area contributed by atoms with E-state index in [2.05, 4.69) is 4.98 Å². The maximum absolute atomic E-state index is 13.2. The van der Waals surface area contributed by atoms with Gasteiger partial charge in [-0.1, -0.05) is 19.1 Å². The summed E-state index contributed by atoms with van der Waals surface area (Å²) in [6.45, 7) is 4.59. The van der Waals surface area contributed by atoms with Crippen LogP contribution in [0.25, 0.3) is 5.76 Å². The summed E-state index contributed by atoms with van der Waals surface area (Å²) in [5.41, 5.74) is 2.50. The van der Waals surface area contributed by atoms with Crippen molar-refractivity contribution in [2.75, 3.05) is 6.61 Å².